The lowest BCUT2D eigenvalue weighted by atomic mass is 10.1. The Morgan fingerprint density at radius 3 is 2.44 bits per heavy atom. The van der Waals surface area contributed by atoms with Crippen LogP contribution in [-0.2, 0) is 11.2 Å². The minimum absolute atomic E-state index is 0.128. The molecule has 0 amide bonds. The maximum atomic E-state index is 8.52. The van der Waals surface area contributed by atoms with Crippen molar-refractivity contribution in [3.63, 3.8) is 0 Å². The van der Waals surface area contributed by atoms with Gasteiger partial charge >= 0.3 is 0 Å². The third kappa shape index (κ3) is 5.89. The first-order valence-electron chi connectivity index (χ1n) is 6.07. The number of hydrogen-bond acceptors (Lipinski definition) is 2. The summed E-state index contributed by atoms with van der Waals surface area (Å²) in [6, 6.07) is 8.74. The number of aryl methyl sites for hydroxylation is 2. The SMILES string of the molecule is Cc1ccc(CCCCCOCCO)cc1. The first-order chi connectivity index (χ1) is 7.83. The molecule has 1 N–H and O–H groups in total. The van der Waals surface area contributed by atoms with Gasteiger partial charge in [-0.3, -0.25) is 0 Å². The van der Waals surface area contributed by atoms with Crippen molar-refractivity contribution in [1.29, 1.82) is 0 Å². The molecule has 0 aromatic heterocycles. The first-order valence-corrected chi connectivity index (χ1v) is 6.07. The van der Waals surface area contributed by atoms with Crippen LogP contribution in [0, 0.1) is 6.92 Å². The molecule has 2 nitrogen and oxygen atoms in total. The van der Waals surface area contributed by atoms with Crippen molar-refractivity contribution in [2.24, 2.45) is 0 Å². The Labute approximate surface area is 98.3 Å². The monoisotopic (exact) mass is 222 g/mol. The molecule has 0 aliphatic heterocycles. The van der Waals surface area contributed by atoms with E-state index in [1.807, 2.05) is 0 Å². The molecule has 90 valence electrons. The summed E-state index contributed by atoms with van der Waals surface area (Å²) in [6.45, 7) is 3.48. The Morgan fingerprint density at radius 2 is 1.75 bits per heavy atom. The van der Waals surface area contributed by atoms with E-state index in [1.165, 1.54) is 24.0 Å². The van der Waals surface area contributed by atoms with Crippen LogP contribution in [-0.4, -0.2) is 24.9 Å². The van der Waals surface area contributed by atoms with E-state index in [1.54, 1.807) is 0 Å². The topological polar surface area (TPSA) is 29.5 Å². The van der Waals surface area contributed by atoms with Crippen molar-refractivity contribution in [3.05, 3.63) is 35.4 Å². The number of unbranched alkanes of at least 4 members (excludes halogenated alkanes) is 2. The number of aliphatic hydroxyl groups excluding tert-OH is 1. The van der Waals surface area contributed by atoms with Crippen molar-refractivity contribution in [3.8, 4) is 0 Å². The number of benzene rings is 1. The molecule has 0 aliphatic carbocycles. The smallest absolute Gasteiger partial charge is 0.0697 e. The van der Waals surface area contributed by atoms with Crippen LogP contribution in [0.15, 0.2) is 24.3 Å². The van der Waals surface area contributed by atoms with Crippen LogP contribution in [0.5, 0.6) is 0 Å². The Kier molecular flexibility index (Phi) is 6.86. The van der Waals surface area contributed by atoms with E-state index >= 15 is 0 Å². The molecule has 0 aliphatic rings. The fraction of sp³-hybridized carbons (Fsp3) is 0.571. The quantitative estimate of drug-likeness (QED) is 0.685. The highest BCUT2D eigenvalue weighted by molar-refractivity contribution is 5.21. The molecule has 16 heavy (non-hydrogen) atoms. The molecule has 0 bridgehead atoms. The van der Waals surface area contributed by atoms with E-state index in [4.69, 9.17) is 9.84 Å². The highest BCUT2D eigenvalue weighted by atomic mass is 16.5. The van der Waals surface area contributed by atoms with E-state index < -0.39 is 0 Å². The van der Waals surface area contributed by atoms with Gasteiger partial charge in [0.05, 0.1) is 13.2 Å². The average molecular weight is 222 g/mol. The molecule has 2 heteroatoms. The minimum atomic E-state index is 0.128. The zero-order valence-electron chi connectivity index (χ0n) is 10.1. The van der Waals surface area contributed by atoms with Crippen molar-refractivity contribution in [1.82, 2.24) is 0 Å². The molecule has 0 saturated carbocycles. The molecule has 1 rings (SSSR count). The molecule has 0 heterocycles. The standard InChI is InChI=1S/C14H22O2/c1-13-6-8-14(9-7-13)5-3-2-4-11-16-12-10-15/h6-9,15H,2-5,10-12H2,1H3. The van der Waals surface area contributed by atoms with Gasteiger partial charge in [-0.05, 0) is 31.7 Å². The summed E-state index contributed by atoms with van der Waals surface area (Å²) in [6.07, 6.45) is 4.65. The first kappa shape index (κ1) is 13.2. The maximum absolute atomic E-state index is 8.52. The normalized spacial score (nSPS) is 10.6. The Morgan fingerprint density at radius 1 is 1.00 bits per heavy atom. The summed E-state index contributed by atoms with van der Waals surface area (Å²) in [7, 11) is 0. The zero-order valence-corrected chi connectivity index (χ0v) is 10.1. The second kappa shape index (κ2) is 8.31. The number of aliphatic hydroxyl groups is 1. The molecule has 0 spiro atoms. The summed E-state index contributed by atoms with van der Waals surface area (Å²) < 4.78 is 5.20. The van der Waals surface area contributed by atoms with E-state index in [0.29, 0.717) is 6.61 Å². The van der Waals surface area contributed by atoms with Crippen LogP contribution in [0.25, 0.3) is 0 Å². The molecule has 0 atom stereocenters. The van der Waals surface area contributed by atoms with Crippen LogP contribution >= 0.6 is 0 Å². The molecule has 1 aromatic rings. The minimum Gasteiger partial charge on any atom is -0.394 e. The molecular formula is C14H22O2. The van der Waals surface area contributed by atoms with E-state index in [0.717, 1.165) is 19.4 Å². The molecule has 0 unspecified atom stereocenters. The summed E-state index contributed by atoms with van der Waals surface area (Å²) in [5, 5.41) is 8.52. The van der Waals surface area contributed by atoms with E-state index in [9.17, 15) is 0 Å². The van der Waals surface area contributed by atoms with E-state index in [-0.39, 0.29) is 6.61 Å². The Hall–Kier alpha value is -0.860. The van der Waals surface area contributed by atoms with Crippen molar-refractivity contribution < 1.29 is 9.84 Å². The van der Waals surface area contributed by atoms with Gasteiger partial charge in [-0.25, -0.2) is 0 Å². The van der Waals surface area contributed by atoms with Crippen LogP contribution in [0.1, 0.15) is 30.4 Å². The average Bonchev–Trinajstić information content (AvgIpc) is 2.30. The zero-order chi connectivity index (χ0) is 11.6. The number of hydrogen-bond donors (Lipinski definition) is 1. The van der Waals surface area contributed by atoms with Gasteiger partial charge in [-0.15, -0.1) is 0 Å². The lowest BCUT2D eigenvalue weighted by molar-refractivity contribution is 0.0896. The maximum Gasteiger partial charge on any atom is 0.0697 e. The van der Waals surface area contributed by atoms with Gasteiger partial charge in [-0.2, -0.15) is 0 Å². The van der Waals surface area contributed by atoms with Gasteiger partial charge in [0, 0.05) is 6.61 Å². The third-order valence-electron chi connectivity index (χ3n) is 2.61. The largest absolute Gasteiger partial charge is 0.394 e. The summed E-state index contributed by atoms with van der Waals surface area (Å²) in [5.41, 5.74) is 2.74. The summed E-state index contributed by atoms with van der Waals surface area (Å²) >= 11 is 0. The van der Waals surface area contributed by atoms with Crippen molar-refractivity contribution in [2.45, 2.75) is 32.6 Å². The Bertz CT molecular complexity index is 267. The molecule has 0 fully saturated rings. The Balaban J connectivity index is 2.01. The number of rotatable bonds is 8. The highest BCUT2D eigenvalue weighted by Crippen LogP contribution is 2.08. The lowest BCUT2D eigenvalue weighted by Gasteiger charge is -2.03. The third-order valence-corrected chi connectivity index (χ3v) is 2.61. The fourth-order valence-corrected chi connectivity index (χ4v) is 1.63. The molecular weight excluding hydrogens is 200 g/mol. The van der Waals surface area contributed by atoms with Crippen molar-refractivity contribution >= 4 is 0 Å². The van der Waals surface area contributed by atoms with Crippen LogP contribution in [0.3, 0.4) is 0 Å². The number of ether oxygens (including phenoxy) is 1. The lowest BCUT2D eigenvalue weighted by Crippen LogP contribution is -2.00. The predicted octanol–water partition coefficient (Wildman–Crippen LogP) is 2.72. The van der Waals surface area contributed by atoms with Gasteiger partial charge in [0.1, 0.15) is 0 Å². The summed E-state index contributed by atoms with van der Waals surface area (Å²) in [4.78, 5) is 0. The van der Waals surface area contributed by atoms with Gasteiger partial charge in [0.15, 0.2) is 0 Å². The van der Waals surface area contributed by atoms with Gasteiger partial charge < -0.3 is 9.84 Å². The predicted molar refractivity (Wildman–Crippen MR) is 66.6 cm³/mol. The van der Waals surface area contributed by atoms with Crippen LogP contribution < -0.4 is 0 Å². The molecule has 0 radical (unpaired) electrons. The summed E-state index contributed by atoms with van der Waals surface area (Å²) in [5.74, 6) is 0. The van der Waals surface area contributed by atoms with Gasteiger partial charge in [0.25, 0.3) is 0 Å². The van der Waals surface area contributed by atoms with Crippen molar-refractivity contribution in [2.75, 3.05) is 19.8 Å². The fourth-order valence-electron chi connectivity index (χ4n) is 1.63. The van der Waals surface area contributed by atoms with Gasteiger partial charge in [0.2, 0.25) is 0 Å². The van der Waals surface area contributed by atoms with Crippen LogP contribution in [0.4, 0.5) is 0 Å². The molecule has 0 saturated heterocycles. The highest BCUT2D eigenvalue weighted by Gasteiger charge is 1.94. The molecule has 1 aromatic carbocycles. The second-order valence-corrected chi connectivity index (χ2v) is 4.13. The van der Waals surface area contributed by atoms with Gasteiger partial charge in [-0.1, -0.05) is 36.2 Å². The van der Waals surface area contributed by atoms with E-state index in [2.05, 4.69) is 31.2 Å². The second-order valence-electron chi connectivity index (χ2n) is 4.13. The van der Waals surface area contributed by atoms with Crippen LogP contribution in [0.2, 0.25) is 0 Å².